The van der Waals surface area contributed by atoms with Gasteiger partial charge in [-0.2, -0.15) is 0 Å². The van der Waals surface area contributed by atoms with Gasteiger partial charge in [-0.25, -0.2) is 0 Å². The number of hydrogen-bond acceptors (Lipinski definition) is 2. The summed E-state index contributed by atoms with van der Waals surface area (Å²) in [6.45, 7) is 0. The Morgan fingerprint density at radius 1 is 1.05 bits per heavy atom. The molecular weight excluding hydrogens is 295 g/mol. The summed E-state index contributed by atoms with van der Waals surface area (Å²) >= 11 is 12.0. The van der Waals surface area contributed by atoms with Crippen molar-refractivity contribution in [2.24, 2.45) is 0 Å². The van der Waals surface area contributed by atoms with Crippen LogP contribution in [0.15, 0.2) is 52.9 Å². The molecule has 3 rings (SSSR count). The number of furan rings is 1. The molecule has 0 fully saturated rings. The predicted molar refractivity (Wildman–Crippen MR) is 80.7 cm³/mol. The normalized spacial score (nSPS) is 10.9. The fourth-order valence-corrected chi connectivity index (χ4v) is 2.44. The number of hydrogen-bond donors (Lipinski definition) is 0. The predicted octanol–water partition coefficient (Wildman–Crippen LogP) is 5.17. The number of fused-ring (bicyclic) bond motifs is 1. The summed E-state index contributed by atoms with van der Waals surface area (Å²) in [6, 6.07) is 14.3. The first-order valence-electron chi connectivity index (χ1n) is 6.09. The molecule has 1 heterocycles. The lowest BCUT2D eigenvalue weighted by atomic mass is 10.1. The molecule has 4 heteroatoms. The largest absolute Gasteiger partial charge is 0.453 e. The molecule has 0 bridgehead atoms. The van der Waals surface area contributed by atoms with Crippen molar-refractivity contribution in [3.63, 3.8) is 0 Å². The lowest BCUT2D eigenvalue weighted by Gasteiger charge is -2.01. The first kappa shape index (κ1) is 13.2. The summed E-state index contributed by atoms with van der Waals surface area (Å²) in [5, 5.41) is 2.02. The highest BCUT2D eigenvalue weighted by Gasteiger charge is 2.14. The molecule has 0 aliphatic heterocycles. The minimum absolute atomic E-state index is 0.106. The highest BCUT2D eigenvalue weighted by molar-refractivity contribution is 6.31. The van der Waals surface area contributed by atoms with Crippen molar-refractivity contribution < 1.29 is 9.21 Å². The second-order valence-corrected chi connectivity index (χ2v) is 5.33. The summed E-state index contributed by atoms with van der Waals surface area (Å²) in [4.78, 5) is 12.2. The molecule has 0 atom stereocenters. The van der Waals surface area contributed by atoms with Crippen LogP contribution < -0.4 is 0 Å². The standard InChI is InChI=1S/C16H10Cl2O2/c17-12-5-6-15-11(7-12)9-16(20-15)14(19)8-10-3-1-2-4-13(10)18/h1-7,9H,8H2. The van der Waals surface area contributed by atoms with Gasteiger partial charge in [-0.1, -0.05) is 41.4 Å². The summed E-state index contributed by atoms with van der Waals surface area (Å²) in [5.74, 6) is 0.215. The van der Waals surface area contributed by atoms with Gasteiger partial charge in [0.25, 0.3) is 0 Å². The summed E-state index contributed by atoms with van der Waals surface area (Å²) in [5.41, 5.74) is 1.44. The Morgan fingerprint density at radius 2 is 1.85 bits per heavy atom. The van der Waals surface area contributed by atoms with Gasteiger partial charge in [0, 0.05) is 21.9 Å². The van der Waals surface area contributed by atoms with Crippen LogP contribution in [0.5, 0.6) is 0 Å². The maximum absolute atomic E-state index is 12.2. The number of Topliss-reactive ketones (excluding diaryl/α,β-unsaturated/α-hetero) is 1. The van der Waals surface area contributed by atoms with Crippen molar-refractivity contribution >= 4 is 40.0 Å². The quantitative estimate of drug-likeness (QED) is 0.625. The van der Waals surface area contributed by atoms with Crippen LogP contribution in [0, 0.1) is 0 Å². The molecule has 100 valence electrons. The molecule has 0 saturated carbocycles. The van der Waals surface area contributed by atoms with Gasteiger partial charge in [0.2, 0.25) is 5.78 Å². The third kappa shape index (κ3) is 2.58. The Balaban J connectivity index is 1.91. The molecule has 0 aliphatic carbocycles. The van der Waals surface area contributed by atoms with Crippen molar-refractivity contribution in [2.75, 3.05) is 0 Å². The van der Waals surface area contributed by atoms with E-state index in [-0.39, 0.29) is 12.2 Å². The van der Waals surface area contributed by atoms with Crippen LogP contribution in [0.1, 0.15) is 16.1 Å². The highest BCUT2D eigenvalue weighted by atomic mass is 35.5. The molecule has 2 aromatic carbocycles. The molecule has 0 spiro atoms. The van der Waals surface area contributed by atoms with Crippen molar-refractivity contribution in [3.05, 3.63) is 69.9 Å². The van der Waals surface area contributed by atoms with Crippen LogP contribution in [0.2, 0.25) is 10.0 Å². The van der Waals surface area contributed by atoms with E-state index >= 15 is 0 Å². The maximum Gasteiger partial charge on any atom is 0.202 e. The van der Waals surface area contributed by atoms with Crippen LogP contribution in [0.25, 0.3) is 11.0 Å². The lowest BCUT2D eigenvalue weighted by molar-refractivity contribution is 0.0968. The second kappa shape index (κ2) is 5.31. The Bertz CT molecular complexity index is 790. The van der Waals surface area contributed by atoms with Gasteiger partial charge >= 0.3 is 0 Å². The first-order valence-corrected chi connectivity index (χ1v) is 6.85. The van der Waals surface area contributed by atoms with Crippen molar-refractivity contribution in [1.29, 1.82) is 0 Å². The van der Waals surface area contributed by atoms with E-state index in [0.29, 0.717) is 21.4 Å². The molecular formula is C16H10Cl2O2. The zero-order valence-corrected chi connectivity index (χ0v) is 11.9. The summed E-state index contributed by atoms with van der Waals surface area (Å²) in [7, 11) is 0. The van der Waals surface area contributed by atoms with E-state index in [1.165, 1.54) is 0 Å². The van der Waals surface area contributed by atoms with Crippen molar-refractivity contribution in [3.8, 4) is 0 Å². The van der Waals surface area contributed by atoms with Crippen LogP contribution in [0.4, 0.5) is 0 Å². The Morgan fingerprint density at radius 3 is 2.65 bits per heavy atom. The zero-order valence-electron chi connectivity index (χ0n) is 10.4. The van der Waals surface area contributed by atoms with E-state index in [9.17, 15) is 4.79 Å². The SMILES string of the molecule is O=C(Cc1ccccc1Cl)c1cc2cc(Cl)ccc2o1. The van der Waals surface area contributed by atoms with Crippen LogP contribution in [-0.4, -0.2) is 5.78 Å². The van der Waals surface area contributed by atoms with Crippen LogP contribution in [-0.2, 0) is 6.42 Å². The Hall–Kier alpha value is -1.77. The monoisotopic (exact) mass is 304 g/mol. The number of halogens is 2. The Kier molecular flexibility index (Phi) is 3.51. The van der Waals surface area contributed by atoms with Gasteiger partial charge in [-0.05, 0) is 35.9 Å². The molecule has 0 saturated heterocycles. The molecule has 20 heavy (non-hydrogen) atoms. The molecule has 0 aliphatic rings. The van der Waals surface area contributed by atoms with Gasteiger partial charge in [0.1, 0.15) is 5.58 Å². The Labute approximate surface area is 125 Å². The lowest BCUT2D eigenvalue weighted by Crippen LogP contribution is -2.02. The topological polar surface area (TPSA) is 30.2 Å². The molecule has 0 unspecified atom stereocenters. The minimum Gasteiger partial charge on any atom is -0.453 e. The molecule has 1 aromatic heterocycles. The number of ketones is 1. The molecule has 0 radical (unpaired) electrons. The third-order valence-corrected chi connectivity index (χ3v) is 3.67. The highest BCUT2D eigenvalue weighted by Crippen LogP contribution is 2.24. The summed E-state index contributed by atoms with van der Waals surface area (Å²) in [6.07, 6.45) is 0.216. The molecule has 0 amide bonds. The van der Waals surface area contributed by atoms with Crippen molar-refractivity contribution in [2.45, 2.75) is 6.42 Å². The van der Waals surface area contributed by atoms with Crippen molar-refractivity contribution in [1.82, 2.24) is 0 Å². The van der Waals surface area contributed by atoms with Crippen LogP contribution in [0.3, 0.4) is 0 Å². The van der Waals surface area contributed by atoms with Gasteiger partial charge in [-0.15, -0.1) is 0 Å². The van der Waals surface area contributed by atoms with E-state index < -0.39 is 0 Å². The van der Waals surface area contributed by atoms with Gasteiger partial charge in [-0.3, -0.25) is 4.79 Å². The molecule has 2 nitrogen and oxygen atoms in total. The maximum atomic E-state index is 12.2. The second-order valence-electron chi connectivity index (χ2n) is 4.48. The van der Waals surface area contributed by atoms with E-state index in [0.717, 1.165) is 10.9 Å². The summed E-state index contributed by atoms with van der Waals surface area (Å²) < 4.78 is 5.55. The average Bonchev–Trinajstić information content (AvgIpc) is 2.84. The number of carbonyl (C=O) groups is 1. The van der Waals surface area contributed by atoms with Crippen LogP contribution >= 0.6 is 23.2 Å². The number of rotatable bonds is 3. The van der Waals surface area contributed by atoms with E-state index in [4.69, 9.17) is 27.6 Å². The fourth-order valence-electron chi connectivity index (χ4n) is 2.05. The third-order valence-electron chi connectivity index (χ3n) is 3.06. The average molecular weight is 305 g/mol. The smallest absolute Gasteiger partial charge is 0.202 e. The van der Waals surface area contributed by atoms with E-state index in [2.05, 4.69) is 0 Å². The van der Waals surface area contributed by atoms with E-state index in [1.54, 1.807) is 30.3 Å². The van der Waals surface area contributed by atoms with Gasteiger partial charge in [0.05, 0.1) is 0 Å². The van der Waals surface area contributed by atoms with Gasteiger partial charge in [0.15, 0.2) is 5.76 Å². The molecule has 3 aromatic rings. The fraction of sp³-hybridized carbons (Fsp3) is 0.0625. The molecule has 0 N–H and O–H groups in total. The minimum atomic E-state index is -0.106. The first-order chi connectivity index (χ1) is 9.63. The number of benzene rings is 2. The van der Waals surface area contributed by atoms with Gasteiger partial charge < -0.3 is 4.42 Å². The van der Waals surface area contributed by atoms with E-state index in [1.807, 2.05) is 18.2 Å². The number of carbonyl (C=O) groups excluding carboxylic acids is 1. The zero-order chi connectivity index (χ0) is 14.1.